The zero-order valence-electron chi connectivity index (χ0n) is 21.7. The van der Waals surface area contributed by atoms with Gasteiger partial charge in [0, 0.05) is 17.3 Å². The van der Waals surface area contributed by atoms with E-state index in [2.05, 4.69) is 6.08 Å². The summed E-state index contributed by atoms with van der Waals surface area (Å²) in [5.74, 6) is -2.27. The van der Waals surface area contributed by atoms with E-state index < -0.39 is 33.4 Å². The highest BCUT2D eigenvalue weighted by molar-refractivity contribution is 8.02. The largest absolute Gasteiger partial charge is 0.465 e. The minimum atomic E-state index is -0.941. The van der Waals surface area contributed by atoms with Gasteiger partial charge in [0.2, 0.25) is 11.8 Å². The van der Waals surface area contributed by atoms with Crippen LogP contribution in [0.5, 0.6) is 0 Å². The Kier molecular flexibility index (Phi) is 7.00. The van der Waals surface area contributed by atoms with Crippen molar-refractivity contribution in [1.82, 2.24) is 9.80 Å². The third kappa shape index (κ3) is 4.22. The van der Waals surface area contributed by atoms with Gasteiger partial charge in [-0.05, 0) is 45.6 Å². The van der Waals surface area contributed by atoms with Gasteiger partial charge in [0.15, 0.2) is 0 Å². The zero-order valence-corrected chi connectivity index (χ0v) is 22.5. The lowest BCUT2D eigenvalue weighted by atomic mass is 9.74. The molecule has 8 heteroatoms. The summed E-state index contributed by atoms with van der Waals surface area (Å²) in [6.45, 7) is 6.39. The Hall–Kier alpha value is -2.58. The molecule has 5 rings (SSSR count). The predicted octanol–water partition coefficient (Wildman–Crippen LogP) is 2.98. The highest BCUT2D eigenvalue weighted by atomic mass is 32.2. The average Bonchev–Trinajstić information content (AvgIpc) is 3.22. The van der Waals surface area contributed by atoms with Crippen molar-refractivity contribution in [3.8, 4) is 0 Å². The molecular weight excluding hydrogens is 488 g/mol. The number of ether oxygens (including phenoxy) is 1. The van der Waals surface area contributed by atoms with Gasteiger partial charge in [-0.25, -0.2) is 0 Å². The molecule has 6 atom stereocenters. The molecule has 0 aliphatic carbocycles. The number of allylic oxidation sites excluding steroid dienone is 1. The van der Waals surface area contributed by atoms with Crippen LogP contribution in [0, 0.1) is 11.8 Å². The number of nitrogens with zero attached hydrogens (tertiary/aromatic N) is 2. The van der Waals surface area contributed by atoms with Crippen LogP contribution in [-0.2, 0) is 25.5 Å². The number of thioether (sulfide) groups is 1. The summed E-state index contributed by atoms with van der Waals surface area (Å²) >= 11 is 1.54. The van der Waals surface area contributed by atoms with Gasteiger partial charge in [0.25, 0.3) is 0 Å². The summed E-state index contributed by atoms with van der Waals surface area (Å²) in [4.78, 5) is 45.7. The van der Waals surface area contributed by atoms with Crippen LogP contribution < -0.4 is 0 Å². The average molecular weight is 525 g/mol. The summed E-state index contributed by atoms with van der Waals surface area (Å²) in [7, 11) is 0. The second-order valence-corrected chi connectivity index (χ2v) is 12.8. The molecule has 1 aromatic rings. The zero-order chi connectivity index (χ0) is 26.4. The maximum absolute atomic E-state index is 14.5. The number of amides is 2. The Morgan fingerprint density at radius 3 is 2.54 bits per heavy atom. The molecule has 0 radical (unpaired) electrons. The van der Waals surface area contributed by atoms with Crippen LogP contribution in [-0.4, -0.2) is 80.1 Å². The molecular formula is C29H36N2O5S. The second kappa shape index (κ2) is 9.95. The van der Waals surface area contributed by atoms with Crippen LogP contribution in [0.3, 0.4) is 0 Å². The predicted molar refractivity (Wildman–Crippen MR) is 143 cm³/mol. The lowest BCUT2D eigenvalue weighted by Gasteiger charge is -2.40. The molecule has 4 aliphatic heterocycles. The Morgan fingerprint density at radius 2 is 1.84 bits per heavy atom. The molecule has 4 aliphatic rings. The van der Waals surface area contributed by atoms with Gasteiger partial charge in [0.1, 0.15) is 6.04 Å². The minimum absolute atomic E-state index is 0.0611. The van der Waals surface area contributed by atoms with E-state index >= 15 is 0 Å². The number of hydrogen-bond acceptors (Lipinski definition) is 6. The number of aliphatic hydroxyl groups is 1. The maximum Gasteiger partial charge on any atom is 0.311 e. The van der Waals surface area contributed by atoms with E-state index in [1.54, 1.807) is 21.6 Å². The van der Waals surface area contributed by atoms with Crippen LogP contribution in [0.1, 0.15) is 39.2 Å². The Labute approximate surface area is 222 Å². The van der Waals surface area contributed by atoms with Crippen molar-refractivity contribution in [1.29, 1.82) is 0 Å². The molecule has 1 aromatic carbocycles. The Bertz CT molecular complexity index is 1120. The van der Waals surface area contributed by atoms with Gasteiger partial charge in [-0.3, -0.25) is 14.4 Å². The van der Waals surface area contributed by atoms with Gasteiger partial charge in [-0.2, -0.15) is 0 Å². The van der Waals surface area contributed by atoms with Crippen molar-refractivity contribution >= 4 is 29.5 Å². The first-order valence-corrected chi connectivity index (χ1v) is 14.0. The van der Waals surface area contributed by atoms with Crippen LogP contribution in [0.4, 0.5) is 0 Å². The van der Waals surface area contributed by atoms with E-state index in [0.717, 1.165) is 18.4 Å². The molecule has 37 heavy (non-hydrogen) atoms. The SMILES string of the molecule is CC(C)N1CC=C[C@]23S[C@@]4(C)/C=C\CCCOC(=O)[C@H]4[C@H]2C(=O)N([C@@H](CO)Cc2ccccc2)C3C1=O. The van der Waals surface area contributed by atoms with Crippen molar-refractivity contribution in [2.45, 2.75) is 67.7 Å². The molecule has 0 bridgehead atoms. The van der Waals surface area contributed by atoms with Crippen LogP contribution >= 0.6 is 11.8 Å². The number of aliphatic hydroxyl groups excluding tert-OH is 1. The molecule has 7 nitrogen and oxygen atoms in total. The number of fused-ring (bicyclic) bond motifs is 2. The lowest BCUT2D eigenvalue weighted by molar-refractivity contribution is -0.154. The minimum Gasteiger partial charge on any atom is -0.465 e. The summed E-state index contributed by atoms with van der Waals surface area (Å²) in [5, 5.41) is 10.6. The van der Waals surface area contributed by atoms with E-state index in [-0.39, 0.29) is 30.4 Å². The number of cyclic esters (lactones) is 1. The van der Waals surface area contributed by atoms with E-state index in [9.17, 15) is 19.5 Å². The summed E-state index contributed by atoms with van der Waals surface area (Å²) in [6, 6.07) is 8.20. The molecule has 1 unspecified atom stereocenters. The van der Waals surface area contributed by atoms with Crippen LogP contribution in [0.15, 0.2) is 54.6 Å². The smallest absolute Gasteiger partial charge is 0.311 e. The number of likely N-dealkylation sites (tertiary alicyclic amines) is 1. The van der Waals surface area contributed by atoms with E-state index in [4.69, 9.17) is 4.74 Å². The van der Waals surface area contributed by atoms with Gasteiger partial charge >= 0.3 is 5.97 Å². The van der Waals surface area contributed by atoms with Crippen molar-refractivity contribution in [3.05, 3.63) is 60.2 Å². The third-order valence-electron chi connectivity index (χ3n) is 8.26. The molecule has 198 valence electrons. The van der Waals surface area contributed by atoms with Crippen molar-refractivity contribution in [3.63, 3.8) is 0 Å². The van der Waals surface area contributed by atoms with Crippen LogP contribution in [0.25, 0.3) is 0 Å². The lowest BCUT2D eigenvalue weighted by Crippen LogP contribution is -2.58. The molecule has 2 saturated heterocycles. The maximum atomic E-state index is 14.5. The topological polar surface area (TPSA) is 87.2 Å². The molecule has 0 aromatic heterocycles. The van der Waals surface area contributed by atoms with Gasteiger partial charge in [0.05, 0.1) is 35.8 Å². The fourth-order valence-corrected chi connectivity index (χ4v) is 8.73. The quantitative estimate of drug-likeness (QED) is 0.471. The highest BCUT2D eigenvalue weighted by Gasteiger charge is 2.74. The van der Waals surface area contributed by atoms with Crippen LogP contribution in [0.2, 0.25) is 0 Å². The van der Waals surface area contributed by atoms with E-state index in [1.165, 1.54) is 0 Å². The Balaban J connectivity index is 1.65. The Morgan fingerprint density at radius 1 is 1.08 bits per heavy atom. The summed E-state index contributed by atoms with van der Waals surface area (Å²) < 4.78 is 4.04. The molecule has 1 spiro atoms. The van der Waals surface area contributed by atoms with Crippen molar-refractivity contribution in [2.24, 2.45) is 11.8 Å². The van der Waals surface area contributed by atoms with Crippen molar-refractivity contribution in [2.75, 3.05) is 19.8 Å². The van der Waals surface area contributed by atoms with E-state index in [1.807, 2.05) is 69.3 Å². The second-order valence-electron chi connectivity index (χ2n) is 11.0. The number of rotatable bonds is 5. The van der Waals surface area contributed by atoms with Crippen molar-refractivity contribution < 1.29 is 24.2 Å². The number of hydrogen-bond donors (Lipinski definition) is 1. The first kappa shape index (κ1) is 26.0. The summed E-state index contributed by atoms with van der Waals surface area (Å²) in [5.41, 5.74) is 0.972. The summed E-state index contributed by atoms with van der Waals surface area (Å²) in [6.07, 6.45) is 10.0. The fraction of sp³-hybridized carbons (Fsp3) is 0.552. The first-order chi connectivity index (χ1) is 17.7. The van der Waals surface area contributed by atoms with Gasteiger partial charge in [-0.1, -0.05) is 54.6 Å². The van der Waals surface area contributed by atoms with Gasteiger partial charge < -0.3 is 19.6 Å². The molecule has 0 saturated carbocycles. The monoisotopic (exact) mass is 524 g/mol. The number of benzene rings is 1. The normalized spacial score (nSPS) is 35.2. The standard InChI is InChI=1S/C29H36N2O5S/c1-19(2)30-15-10-14-29-22(23-27(35)36-16-9-5-8-13-28(23,3)37-29)25(33)31(24(29)26(30)34)21(18-32)17-20-11-6-4-7-12-20/h4,6-8,10-14,19,21-24,32H,5,9,15-18H2,1-3H3/b13-8-/t21-,22+,23-,24?,28+,29+/m1/s1. The third-order valence-corrected chi connectivity index (χ3v) is 10.1. The molecule has 2 amide bonds. The van der Waals surface area contributed by atoms with Gasteiger partial charge in [-0.15, -0.1) is 11.8 Å². The number of carbonyl (C=O) groups excluding carboxylic acids is 3. The number of carbonyl (C=O) groups is 3. The molecule has 1 N–H and O–H groups in total. The molecule has 4 heterocycles. The first-order valence-electron chi connectivity index (χ1n) is 13.2. The number of esters is 1. The fourth-order valence-electron chi connectivity index (χ4n) is 6.59. The molecule has 2 fully saturated rings. The highest BCUT2D eigenvalue weighted by Crippen LogP contribution is 2.65. The van der Waals surface area contributed by atoms with E-state index in [0.29, 0.717) is 19.6 Å².